The molecule has 0 aromatic heterocycles. The summed E-state index contributed by atoms with van der Waals surface area (Å²) >= 11 is 3.58. The zero-order valence-corrected chi connectivity index (χ0v) is 28.5. The van der Waals surface area contributed by atoms with Gasteiger partial charge in [-0.3, -0.25) is 19.2 Å². The maximum Gasteiger partial charge on any atom is 0.313 e. The van der Waals surface area contributed by atoms with E-state index in [1.165, 1.54) is 12.0 Å². The van der Waals surface area contributed by atoms with Crippen LogP contribution in [0.15, 0.2) is 53.0 Å². The number of nitrogens with zero attached hydrogens (tertiary/aromatic N) is 2. The van der Waals surface area contributed by atoms with Crippen LogP contribution in [0.2, 0.25) is 0 Å². The minimum Gasteiger partial charge on any atom is -0.455 e. The van der Waals surface area contributed by atoms with Crippen LogP contribution in [0.1, 0.15) is 52.2 Å². The second-order valence-corrected chi connectivity index (χ2v) is 14.0. The number of ether oxygens (including phenoxy) is 3. The Bertz CT molecular complexity index is 1380. The number of esters is 1. The van der Waals surface area contributed by atoms with Gasteiger partial charge in [-0.1, -0.05) is 72.3 Å². The Morgan fingerprint density at radius 2 is 1.78 bits per heavy atom. The third kappa shape index (κ3) is 6.05. The van der Waals surface area contributed by atoms with Crippen molar-refractivity contribution in [2.45, 2.75) is 82.5 Å². The summed E-state index contributed by atoms with van der Waals surface area (Å²) in [5.41, 5.74) is -0.818. The number of aliphatic hydroxyl groups excluding tert-OH is 1. The molecule has 0 radical (unpaired) electrons. The van der Waals surface area contributed by atoms with E-state index in [1.54, 1.807) is 23.1 Å². The number of aliphatic hydroxyl groups is 1. The van der Waals surface area contributed by atoms with Gasteiger partial charge in [0, 0.05) is 30.6 Å². The van der Waals surface area contributed by atoms with Crippen molar-refractivity contribution in [2.75, 3.05) is 26.9 Å². The molecular formula is C34H44BrN3O8. The molecule has 5 rings (SSSR count). The quantitative estimate of drug-likeness (QED) is 0.328. The molecule has 1 aromatic rings. The van der Waals surface area contributed by atoms with Crippen molar-refractivity contribution in [3.05, 3.63) is 58.6 Å². The number of carbonyl (C=O) groups excluding carboxylic acids is 4. The van der Waals surface area contributed by atoms with Crippen LogP contribution < -0.4 is 5.32 Å². The molecule has 46 heavy (non-hydrogen) atoms. The van der Waals surface area contributed by atoms with Gasteiger partial charge in [0.15, 0.2) is 0 Å². The molecule has 11 nitrogen and oxygen atoms in total. The second kappa shape index (κ2) is 14.0. The predicted octanol–water partition coefficient (Wildman–Crippen LogP) is 2.88. The average Bonchev–Trinajstić information content (AvgIpc) is 3.60. The van der Waals surface area contributed by atoms with Crippen molar-refractivity contribution in [1.82, 2.24) is 15.1 Å². The molecule has 2 N–H and O–H groups in total. The van der Waals surface area contributed by atoms with E-state index in [0.717, 1.165) is 0 Å². The molecule has 8 atom stereocenters. The van der Waals surface area contributed by atoms with E-state index in [-0.39, 0.29) is 50.0 Å². The van der Waals surface area contributed by atoms with Crippen LogP contribution in [0.3, 0.4) is 0 Å². The van der Waals surface area contributed by atoms with Crippen molar-refractivity contribution < 1.29 is 38.5 Å². The Morgan fingerprint density at radius 3 is 2.41 bits per heavy atom. The summed E-state index contributed by atoms with van der Waals surface area (Å²) in [5, 5.41) is 13.5. The number of fused-ring (bicyclic) bond motifs is 2. The fourth-order valence-electron chi connectivity index (χ4n) is 7.31. The zero-order chi connectivity index (χ0) is 33.3. The molecule has 2 fully saturated rings. The van der Waals surface area contributed by atoms with Gasteiger partial charge in [-0.2, -0.15) is 0 Å². The van der Waals surface area contributed by atoms with E-state index in [4.69, 9.17) is 14.2 Å². The van der Waals surface area contributed by atoms with Gasteiger partial charge >= 0.3 is 5.97 Å². The Labute approximate surface area is 278 Å². The fraction of sp³-hybridized carbons (Fsp3) is 0.588. The number of hydrogen-bond donors (Lipinski definition) is 2. The number of rotatable bonds is 7. The highest BCUT2D eigenvalue weighted by Gasteiger charge is 2.75. The van der Waals surface area contributed by atoms with E-state index in [0.29, 0.717) is 16.5 Å². The molecule has 1 spiro atoms. The number of halogens is 1. The van der Waals surface area contributed by atoms with E-state index in [2.05, 4.69) is 21.2 Å². The Morgan fingerprint density at radius 1 is 1.07 bits per heavy atom. The summed E-state index contributed by atoms with van der Waals surface area (Å²) in [4.78, 5) is 59.9. The van der Waals surface area contributed by atoms with E-state index in [9.17, 15) is 24.3 Å². The molecule has 0 unspecified atom stereocenters. The van der Waals surface area contributed by atoms with Crippen LogP contribution in [-0.4, -0.2) is 101 Å². The highest BCUT2D eigenvalue weighted by atomic mass is 79.9. The summed E-state index contributed by atoms with van der Waals surface area (Å²) in [6, 6.07) is 6.29. The summed E-state index contributed by atoms with van der Waals surface area (Å²) in [6.45, 7) is 7.49. The smallest absolute Gasteiger partial charge is 0.313 e. The molecule has 4 aliphatic rings. The highest BCUT2D eigenvalue weighted by molar-refractivity contribution is 9.11. The van der Waals surface area contributed by atoms with Gasteiger partial charge in [-0.25, -0.2) is 0 Å². The van der Waals surface area contributed by atoms with Crippen LogP contribution in [0.5, 0.6) is 0 Å². The lowest BCUT2D eigenvalue weighted by molar-refractivity contribution is -0.163. The lowest BCUT2D eigenvalue weighted by atomic mass is 9.74. The average molecular weight is 703 g/mol. The van der Waals surface area contributed by atoms with Crippen LogP contribution in [0.4, 0.5) is 0 Å². The monoisotopic (exact) mass is 701 g/mol. The molecule has 0 aliphatic carbocycles. The first-order chi connectivity index (χ1) is 22.0. The van der Waals surface area contributed by atoms with Crippen molar-refractivity contribution in [1.29, 1.82) is 0 Å². The summed E-state index contributed by atoms with van der Waals surface area (Å²) < 4.78 is 18.9. The highest BCUT2D eigenvalue weighted by Crippen LogP contribution is 2.59. The third-order valence-electron chi connectivity index (χ3n) is 9.53. The third-order valence-corrected chi connectivity index (χ3v) is 10.2. The topological polar surface area (TPSA) is 135 Å². The lowest BCUT2D eigenvalue weighted by Crippen LogP contribution is -2.60. The summed E-state index contributed by atoms with van der Waals surface area (Å²) in [6.07, 6.45) is 4.26. The van der Waals surface area contributed by atoms with Crippen molar-refractivity contribution in [2.24, 2.45) is 17.8 Å². The van der Waals surface area contributed by atoms with Crippen molar-refractivity contribution >= 4 is 39.6 Å². The fourth-order valence-corrected chi connectivity index (χ4v) is 8.04. The van der Waals surface area contributed by atoms with Gasteiger partial charge < -0.3 is 34.4 Å². The van der Waals surface area contributed by atoms with Crippen LogP contribution in [0.25, 0.3) is 0 Å². The normalized spacial score (nSPS) is 33.3. The molecular weight excluding hydrogens is 658 g/mol. The summed E-state index contributed by atoms with van der Waals surface area (Å²) in [5.74, 6) is -4.07. The van der Waals surface area contributed by atoms with Gasteiger partial charge in [-0.05, 0) is 37.8 Å². The largest absolute Gasteiger partial charge is 0.455 e. The van der Waals surface area contributed by atoms with Crippen LogP contribution in [-0.2, 0) is 33.4 Å². The van der Waals surface area contributed by atoms with E-state index >= 15 is 0 Å². The van der Waals surface area contributed by atoms with Gasteiger partial charge in [0.1, 0.15) is 29.8 Å². The first-order valence-electron chi connectivity index (χ1n) is 15.9. The van der Waals surface area contributed by atoms with Gasteiger partial charge in [-0.15, -0.1) is 0 Å². The maximum absolute atomic E-state index is 14.7. The lowest BCUT2D eigenvalue weighted by Gasteiger charge is -2.40. The minimum atomic E-state index is -1.46. The zero-order valence-electron chi connectivity index (χ0n) is 26.9. The number of methoxy groups -OCH3 is 1. The first-order valence-corrected chi connectivity index (χ1v) is 16.7. The SMILES string of the molecule is COC[C@H]1NC(=O)CC/C=C\CN(C(C)C)C(=O)[C@@H]2N([C@@H](CO)C(C)C)C(=O)[C@H]3[C@H](C(=O)O[C@@H]1c1ccccc1)[C@H]1O[C@@]23C=C1Br. The van der Waals surface area contributed by atoms with Crippen molar-refractivity contribution in [3.8, 4) is 0 Å². The number of benzene rings is 1. The molecule has 1 aromatic carbocycles. The number of amides is 3. The number of allylic oxidation sites excluding steroid dienone is 1. The molecule has 4 aliphatic heterocycles. The second-order valence-electron chi connectivity index (χ2n) is 13.1. The maximum atomic E-state index is 14.7. The number of likely N-dealkylation sites (tertiary alicyclic amines) is 1. The molecule has 2 saturated heterocycles. The van der Waals surface area contributed by atoms with Gasteiger partial charge in [0.25, 0.3) is 0 Å². The van der Waals surface area contributed by atoms with E-state index < -0.39 is 59.6 Å². The Hall–Kier alpha value is -3.06. The predicted molar refractivity (Wildman–Crippen MR) is 172 cm³/mol. The minimum absolute atomic E-state index is 0.0647. The molecule has 5 bridgehead atoms. The molecule has 4 heterocycles. The summed E-state index contributed by atoms with van der Waals surface area (Å²) in [7, 11) is 1.51. The molecule has 250 valence electrons. The number of nitrogens with one attached hydrogen (secondary N) is 1. The van der Waals surface area contributed by atoms with Gasteiger partial charge in [0.2, 0.25) is 17.7 Å². The van der Waals surface area contributed by atoms with E-state index in [1.807, 2.05) is 58.0 Å². The Balaban J connectivity index is 1.66. The van der Waals surface area contributed by atoms with Gasteiger partial charge in [0.05, 0.1) is 31.2 Å². The number of carbonyl (C=O) groups is 4. The molecule has 12 heteroatoms. The van der Waals surface area contributed by atoms with Crippen LogP contribution >= 0.6 is 15.9 Å². The van der Waals surface area contributed by atoms with Crippen LogP contribution in [0, 0.1) is 17.8 Å². The standard InChI is InChI=1S/C34H44BrN3O8/c1-19(2)24(17-39)38-30-32(42)37(20(3)4)15-11-7-10-14-25(40)36-23(18-44-5)28(21-12-8-6-9-13-21)45-33(43)26-27(31(38)41)34(30)16-22(35)29(26)46-34/h6-9,11-13,16,19-20,23-24,26-30,39H,10,14-15,17-18H2,1-5H3,(H,36,40)/b11-7-/t23-,24+,26+,27-,28-,29+,30+,34-/m1/s1. The Kier molecular flexibility index (Phi) is 10.4. The number of cyclic esters (lactones) is 1. The molecule has 0 saturated carbocycles. The number of hydrogen-bond acceptors (Lipinski definition) is 8. The molecule has 3 amide bonds. The van der Waals surface area contributed by atoms with Crippen molar-refractivity contribution in [3.63, 3.8) is 0 Å². The first kappa shape index (κ1) is 34.3.